The van der Waals surface area contributed by atoms with E-state index in [-0.39, 0.29) is 12.3 Å². The van der Waals surface area contributed by atoms with Crippen LogP contribution < -0.4 is 11.1 Å². The molecule has 0 spiro atoms. The molecule has 0 radical (unpaired) electrons. The molecular formula is C10H8ClI3N2O2. The lowest BCUT2D eigenvalue weighted by molar-refractivity contribution is -0.115. The topological polar surface area (TPSA) is 72.2 Å². The van der Waals surface area contributed by atoms with Gasteiger partial charge in [0.25, 0.3) is 5.24 Å². The van der Waals surface area contributed by atoms with Gasteiger partial charge >= 0.3 is 0 Å². The van der Waals surface area contributed by atoms with E-state index in [0.717, 1.165) is 3.57 Å². The summed E-state index contributed by atoms with van der Waals surface area (Å²) in [7, 11) is 0. The van der Waals surface area contributed by atoms with Crippen molar-refractivity contribution in [1.82, 2.24) is 0 Å². The molecule has 4 nitrogen and oxygen atoms in total. The Morgan fingerprint density at radius 3 is 2.22 bits per heavy atom. The average Bonchev–Trinajstić information content (AvgIpc) is 2.25. The van der Waals surface area contributed by atoms with Gasteiger partial charge < -0.3 is 11.1 Å². The van der Waals surface area contributed by atoms with Crippen molar-refractivity contribution in [2.45, 2.75) is 6.92 Å². The minimum Gasteiger partial charge on any atom is -0.397 e. The fourth-order valence-electron chi connectivity index (χ4n) is 1.22. The second kappa shape index (κ2) is 6.88. The van der Waals surface area contributed by atoms with Crippen molar-refractivity contribution in [1.29, 1.82) is 0 Å². The minimum atomic E-state index is -0.558. The third-order valence-electron chi connectivity index (χ3n) is 2.06. The van der Waals surface area contributed by atoms with Gasteiger partial charge in [-0.05, 0) is 86.3 Å². The molecule has 1 aromatic rings. The largest absolute Gasteiger partial charge is 0.397 e. The van der Waals surface area contributed by atoms with Crippen molar-refractivity contribution in [2.75, 3.05) is 17.6 Å². The number of nitrogens with two attached hydrogens (primary N) is 1. The average molecular weight is 604 g/mol. The number of anilines is 2. The highest BCUT2D eigenvalue weighted by atomic mass is 127. The maximum absolute atomic E-state index is 11.4. The summed E-state index contributed by atoms with van der Waals surface area (Å²) in [6.07, 6.45) is 0. The normalized spacial score (nSPS) is 10.3. The molecule has 3 N–H and O–H groups in total. The summed E-state index contributed by atoms with van der Waals surface area (Å²) in [6.45, 7) is 1.67. The van der Waals surface area contributed by atoms with Gasteiger partial charge in [-0.15, -0.1) is 0 Å². The predicted molar refractivity (Wildman–Crippen MR) is 98.4 cm³/mol. The quantitative estimate of drug-likeness (QED) is 0.314. The molecule has 0 aliphatic heterocycles. The molecule has 18 heavy (non-hydrogen) atoms. The van der Waals surface area contributed by atoms with Crippen LogP contribution in [0.3, 0.4) is 0 Å². The Morgan fingerprint density at radius 1 is 1.22 bits per heavy atom. The molecule has 0 atom stereocenters. The van der Waals surface area contributed by atoms with E-state index < -0.39 is 5.24 Å². The van der Waals surface area contributed by atoms with Gasteiger partial charge in [0, 0.05) is 0 Å². The van der Waals surface area contributed by atoms with Crippen LogP contribution in [0.4, 0.5) is 11.4 Å². The molecule has 98 valence electrons. The maximum Gasteiger partial charge on any atom is 0.254 e. The maximum atomic E-state index is 11.4. The van der Waals surface area contributed by atoms with E-state index in [1.54, 1.807) is 0 Å². The molecule has 0 unspecified atom stereocenters. The van der Waals surface area contributed by atoms with Crippen molar-refractivity contribution in [3.05, 3.63) is 16.3 Å². The van der Waals surface area contributed by atoms with Gasteiger partial charge in [-0.1, -0.05) is 0 Å². The fourth-order valence-corrected chi connectivity index (χ4v) is 5.77. The zero-order valence-corrected chi connectivity index (χ0v) is 16.3. The highest BCUT2D eigenvalue weighted by Gasteiger charge is 2.22. The van der Waals surface area contributed by atoms with E-state index in [4.69, 9.17) is 17.3 Å². The fraction of sp³-hybridized carbons (Fsp3) is 0.200. The number of nitrogens with one attached hydrogen (secondary N) is 1. The van der Waals surface area contributed by atoms with E-state index in [1.807, 2.05) is 45.2 Å². The van der Waals surface area contributed by atoms with Crippen molar-refractivity contribution < 1.29 is 9.59 Å². The van der Waals surface area contributed by atoms with Crippen LogP contribution in [0.25, 0.3) is 0 Å². The Bertz CT molecular complexity index is 535. The minimum absolute atomic E-state index is 0.00234. The lowest BCUT2D eigenvalue weighted by atomic mass is 10.2. The standard InChI is InChI=1S/C10H8ClI3N2O2/c1-3(17)2-16-9-6(13)4(10(11)18)5(12)8(15)7(9)14/h16H,2,15H2,1H3. The molecule has 0 saturated carbocycles. The van der Waals surface area contributed by atoms with Gasteiger partial charge in [0.15, 0.2) is 0 Å². The second-order valence-electron chi connectivity index (χ2n) is 3.43. The molecule has 0 heterocycles. The number of rotatable bonds is 4. The van der Waals surface area contributed by atoms with Crippen LogP contribution in [0.15, 0.2) is 0 Å². The van der Waals surface area contributed by atoms with Gasteiger partial charge in [-0.3, -0.25) is 9.59 Å². The molecular weight excluding hydrogens is 596 g/mol. The third-order valence-corrected chi connectivity index (χ3v) is 5.57. The van der Waals surface area contributed by atoms with Crippen LogP contribution in [-0.4, -0.2) is 17.6 Å². The lowest BCUT2D eigenvalue weighted by Gasteiger charge is -2.16. The zero-order valence-electron chi connectivity index (χ0n) is 9.11. The molecule has 1 rings (SSSR count). The van der Waals surface area contributed by atoms with Gasteiger partial charge in [0.2, 0.25) is 0 Å². The van der Waals surface area contributed by atoms with Gasteiger partial charge in [0.1, 0.15) is 5.78 Å². The second-order valence-corrected chi connectivity index (χ2v) is 7.01. The first-order valence-corrected chi connectivity index (χ1v) is 8.27. The van der Waals surface area contributed by atoms with Crippen LogP contribution in [0, 0.1) is 10.7 Å². The number of ketones is 1. The Morgan fingerprint density at radius 2 is 1.78 bits per heavy atom. The van der Waals surface area contributed by atoms with Gasteiger partial charge in [0.05, 0.1) is 34.2 Å². The van der Waals surface area contributed by atoms with E-state index in [0.29, 0.717) is 24.1 Å². The summed E-state index contributed by atoms with van der Waals surface area (Å²) in [5.74, 6) is -0.00234. The van der Waals surface area contributed by atoms with Crippen LogP contribution in [0.1, 0.15) is 17.3 Å². The van der Waals surface area contributed by atoms with Gasteiger partial charge in [-0.25, -0.2) is 0 Å². The first kappa shape index (κ1) is 16.7. The van der Waals surface area contributed by atoms with Crippen LogP contribution in [0.2, 0.25) is 0 Å². The molecule has 0 aromatic heterocycles. The van der Waals surface area contributed by atoms with E-state index in [9.17, 15) is 9.59 Å². The molecule has 1 aromatic carbocycles. The van der Waals surface area contributed by atoms with Crippen molar-refractivity contribution in [3.8, 4) is 0 Å². The molecule has 0 bridgehead atoms. The van der Waals surface area contributed by atoms with Crippen molar-refractivity contribution in [3.63, 3.8) is 0 Å². The summed E-state index contributed by atoms with van der Waals surface area (Å²) < 4.78 is 2.09. The number of hydrogen-bond donors (Lipinski definition) is 2. The first-order valence-electron chi connectivity index (χ1n) is 4.66. The number of carbonyl (C=O) groups excluding carboxylic acids is 2. The summed E-state index contributed by atoms with van der Waals surface area (Å²) >= 11 is 11.7. The number of carbonyl (C=O) groups is 2. The first-order chi connectivity index (χ1) is 8.27. The Kier molecular flexibility index (Phi) is 6.38. The number of halogens is 4. The van der Waals surface area contributed by atoms with E-state index >= 15 is 0 Å². The number of benzene rings is 1. The summed E-state index contributed by atoms with van der Waals surface area (Å²) in [5.41, 5.74) is 7.49. The number of nitrogen functional groups attached to an aromatic ring is 1. The van der Waals surface area contributed by atoms with Crippen molar-refractivity contribution in [2.24, 2.45) is 0 Å². The predicted octanol–water partition coefficient (Wildman–Crippen LogP) is 3.46. The Balaban J connectivity index is 3.42. The Hall–Kier alpha value is 0.640. The highest BCUT2D eigenvalue weighted by molar-refractivity contribution is 14.1. The number of hydrogen-bond acceptors (Lipinski definition) is 4. The highest BCUT2D eigenvalue weighted by Crippen LogP contribution is 2.37. The molecule has 0 fully saturated rings. The number of Topliss-reactive ketones (excluding diaryl/α,β-unsaturated/α-hetero) is 1. The molecule has 0 amide bonds. The van der Waals surface area contributed by atoms with Crippen LogP contribution >= 0.6 is 79.4 Å². The summed E-state index contributed by atoms with van der Waals surface area (Å²) in [6, 6.07) is 0. The van der Waals surface area contributed by atoms with Crippen molar-refractivity contribution >= 4 is 102 Å². The SMILES string of the molecule is CC(=O)CNc1c(I)c(N)c(I)c(C(=O)Cl)c1I. The third kappa shape index (κ3) is 3.60. The summed E-state index contributed by atoms with van der Waals surface area (Å²) in [5, 5.41) is 2.43. The summed E-state index contributed by atoms with van der Waals surface area (Å²) in [4.78, 5) is 22.5. The van der Waals surface area contributed by atoms with E-state index in [1.165, 1.54) is 6.92 Å². The molecule has 0 saturated heterocycles. The monoisotopic (exact) mass is 604 g/mol. The molecule has 0 aliphatic carbocycles. The van der Waals surface area contributed by atoms with Crippen LogP contribution in [-0.2, 0) is 4.79 Å². The molecule has 0 aliphatic rings. The Labute approximate surface area is 150 Å². The van der Waals surface area contributed by atoms with Crippen LogP contribution in [0.5, 0.6) is 0 Å². The zero-order chi connectivity index (χ0) is 14.0. The van der Waals surface area contributed by atoms with Gasteiger partial charge in [-0.2, -0.15) is 0 Å². The smallest absolute Gasteiger partial charge is 0.254 e. The van der Waals surface area contributed by atoms with E-state index in [2.05, 4.69) is 27.9 Å². The lowest BCUT2D eigenvalue weighted by Crippen LogP contribution is -2.15. The molecule has 8 heteroatoms.